The maximum Gasteiger partial charge on any atom is 0.339 e. The van der Waals surface area contributed by atoms with E-state index in [4.69, 9.17) is 4.74 Å². The van der Waals surface area contributed by atoms with Crippen molar-refractivity contribution in [3.63, 3.8) is 0 Å². The standard InChI is InChI=1S/C18H20N2O4S/c1-2-24-18(23)12-5-8-20(9-6-12)16-14(17(21)22)3-4-15(19-16)13-7-10-25-11-13/h3-4,7,10-12H,2,5-6,8-9H2,1H3,(H,21,22). The highest BCUT2D eigenvalue weighted by atomic mass is 32.1. The molecule has 2 aromatic heterocycles. The molecule has 0 atom stereocenters. The van der Waals surface area contributed by atoms with E-state index < -0.39 is 5.97 Å². The number of carbonyl (C=O) groups excluding carboxylic acids is 1. The Morgan fingerprint density at radius 2 is 2.08 bits per heavy atom. The summed E-state index contributed by atoms with van der Waals surface area (Å²) in [7, 11) is 0. The first-order chi connectivity index (χ1) is 12.1. The number of carbonyl (C=O) groups is 2. The molecule has 132 valence electrons. The normalized spacial score (nSPS) is 15.2. The number of piperidine rings is 1. The summed E-state index contributed by atoms with van der Waals surface area (Å²) in [5, 5.41) is 13.4. The maximum atomic E-state index is 11.9. The van der Waals surface area contributed by atoms with E-state index in [1.165, 1.54) is 0 Å². The summed E-state index contributed by atoms with van der Waals surface area (Å²) >= 11 is 1.57. The number of ether oxygens (including phenoxy) is 1. The van der Waals surface area contributed by atoms with Gasteiger partial charge in [0.1, 0.15) is 11.4 Å². The van der Waals surface area contributed by atoms with Crippen molar-refractivity contribution >= 4 is 29.1 Å². The lowest BCUT2D eigenvalue weighted by atomic mass is 9.96. The monoisotopic (exact) mass is 360 g/mol. The van der Waals surface area contributed by atoms with Crippen LogP contribution in [0.25, 0.3) is 11.3 Å². The van der Waals surface area contributed by atoms with Crippen LogP contribution in [-0.4, -0.2) is 41.7 Å². The van der Waals surface area contributed by atoms with Crippen LogP contribution in [0.15, 0.2) is 29.0 Å². The van der Waals surface area contributed by atoms with Gasteiger partial charge >= 0.3 is 11.9 Å². The van der Waals surface area contributed by atoms with Crippen LogP contribution in [-0.2, 0) is 9.53 Å². The minimum absolute atomic E-state index is 0.121. The number of anilines is 1. The second-order valence-corrected chi connectivity index (χ2v) is 6.68. The summed E-state index contributed by atoms with van der Waals surface area (Å²) in [6.45, 7) is 3.35. The largest absolute Gasteiger partial charge is 0.478 e. The molecule has 1 fully saturated rings. The fourth-order valence-electron chi connectivity index (χ4n) is 3.01. The van der Waals surface area contributed by atoms with Gasteiger partial charge in [0.25, 0.3) is 0 Å². The van der Waals surface area contributed by atoms with E-state index in [1.807, 2.05) is 21.7 Å². The molecule has 0 bridgehead atoms. The highest BCUT2D eigenvalue weighted by Gasteiger charge is 2.28. The SMILES string of the molecule is CCOC(=O)C1CCN(c2nc(-c3ccsc3)ccc2C(=O)O)CC1. The van der Waals surface area contributed by atoms with E-state index in [0.29, 0.717) is 38.4 Å². The topological polar surface area (TPSA) is 79.7 Å². The molecule has 3 rings (SSSR count). The van der Waals surface area contributed by atoms with Gasteiger partial charge in [0.15, 0.2) is 0 Å². The highest BCUT2D eigenvalue weighted by molar-refractivity contribution is 7.08. The van der Waals surface area contributed by atoms with Crippen LogP contribution in [0.2, 0.25) is 0 Å². The molecule has 1 aliphatic rings. The lowest BCUT2D eigenvalue weighted by molar-refractivity contribution is -0.148. The minimum Gasteiger partial charge on any atom is -0.478 e. The molecule has 0 aliphatic carbocycles. The van der Waals surface area contributed by atoms with Crippen molar-refractivity contribution in [2.45, 2.75) is 19.8 Å². The molecule has 1 aliphatic heterocycles. The summed E-state index contributed by atoms with van der Waals surface area (Å²) in [4.78, 5) is 30.0. The highest BCUT2D eigenvalue weighted by Crippen LogP contribution is 2.29. The first kappa shape index (κ1) is 17.4. The smallest absolute Gasteiger partial charge is 0.339 e. The van der Waals surface area contributed by atoms with E-state index in [9.17, 15) is 14.7 Å². The number of nitrogens with zero attached hydrogens (tertiary/aromatic N) is 2. The zero-order valence-corrected chi connectivity index (χ0v) is 14.8. The van der Waals surface area contributed by atoms with Crippen molar-refractivity contribution < 1.29 is 19.4 Å². The molecule has 0 radical (unpaired) electrons. The van der Waals surface area contributed by atoms with E-state index in [1.54, 1.807) is 30.4 Å². The summed E-state index contributed by atoms with van der Waals surface area (Å²) in [6, 6.07) is 5.31. The predicted octanol–water partition coefficient (Wildman–Crippen LogP) is 3.29. The third kappa shape index (κ3) is 3.82. The van der Waals surface area contributed by atoms with Crippen LogP contribution in [0.3, 0.4) is 0 Å². The average molecular weight is 360 g/mol. The number of rotatable bonds is 5. The molecular formula is C18H20N2O4S. The van der Waals surface area contributed by atoms with Gasteiger partial charge in [-0.05, 0) is 43.3 Å². The van der Waals surface area contributed by atoms with Crippen molar-refractivity contribution in [1.82, 2.24) is 4.98 Å². The van der Waals surface area contributed by atoms with Gasteiger partial charge < -0.3 is 14.7 Å². The zero-order chi connectivity index (χ0) is 17.8. The number of esters is 1. The molecular weight excluding hydrogens is 340 g/mol. The first-order valence-corrected chi connectivity index (χ1v) is 9.23. The first-order valence-electron chi connectivity index (χ1n) is 8.28. The van der Waals surface area contributed by atoms with Gasteiger partial charge in [0.05, 0.1) is 18.2 Å². The van der Waals surface area contributed by atoms with Crippen LogP contribution in [0, 0.1) is 5.92 Å². The lowest BCUT2D eigenvalue weighted by Crippen LogP contribution is -2.38. The molecule has 0 unspecified atom stereocenters. The molecule has 0 amide bonds. The number of aromatic nitrogens is 1. The van der Waals surface area contributed by atoms with E-state index >= 15 is 0 Å². The fraction of sp³-hybridized carbons (Fsp3) is 0.389. The molecule has 0 aromatic carbocycles. The number of carboxylic acids is 1. The number of pyridine rings is 1. The van der Waals surface area contributed by atoms with Crippen molar-refractivity contribution in [2.75, 3.05) is 24.6 Å². The van der Waals surface area contributed by atoms with E-state index in [-0.39, 0.29) is 17.5 Å². The summed E-state index contributed by atoms with van der Waals surface area (Å²) < 4.78 is 5.09. The Kier molecular flexibility index (Phi) is 5.33. The Balaban J connectivity index is 1.82. The van der Waals surface area contributed by atoms with Crippen LogP contribution in [0.5, 0.6) is 0 Å². The Bertz CT molecular complexity index is 752. The molecule has 2 aromatic rings. The maximum absolute atomic E-state index is 11.9. The molecule has 3 heterocycles. The Morgan fingerprint density at radius 1 is 1.32 bits per heavy atom. The van der Waals surface area contributed by atoms with Crippen LogP contribution >= 0.6 is 11.3 Å². The van der Waals surface area contributed by atoms with Crippen molar-refractivity contribution in [3.05, 3.63) is 34.5 Å². The number of carboxylic acid groups (broad SMARTS) is 1. The predicted molar refractivity (Wildman–Crippen MR) is 96.1 cm³/mol. The number of thiophene rings is 1. The van der Waals surface area contributed by atoms with E-state index in [2.05, 4.69) is 4.98 Å². The summed E-state index contributed by atoms with van der Waals surface area (Å²) in [5.41, 5.74) is 1.92. The number of aromatic carboxylic acids is 1. The summed E-state index contributed by atoms with van der Waals surface area (Å²) in [6.07, 6.45) is 1.28. The van der Waals surface area contributed by atoms with Gasteiger partial charge in [0.2, 0.25) is 0 Å². The minimum atomic E-state index is -0.994. The average Bonchev–Trinajstić information content (AvgIpc) is 3.16. The van der Waals surface area contributed by atoms with Gasteiger partial charge in [-0.15, -0.1) is 0 Å². The van der Waals surface area contributed by atoms with Crippen molar-refractivity contribution in [1.29, 1.82) is 0 Å². The second kappa shape index (κ2) is 7.65. The second-order valence-electron chi connectivity index (χ2n) is 5.90. The summed E-state index contributed by atoms with van der Waals surface area (Å²) in [5.74, 6) is -0.810. The Morgan fingerprint density at radius 3 is 2.68 bits per heavy atom. The molecule has 7 heteroatoms. The lowest BCUT2D eigenvalue weighted by Gasteiger charge is -2.32. The number of hydrogen-bond acceptors (Lipinski definition) is 6. The van der Waals surface area contributed by atoms with Crippen molar-refractivity contribution in [3.8, 4) is 11.3 Å². The molecule has 0 saturated carbocycles. The quantitative estimate of drug-likeness (QED) is 0.824. The van der Waals surface area contributed by atoms with Gasteiger partial charge in [0, 0.05) is 24.0 Å². The van der Waals surface area contributed by atoms with Crippen LogP contribution in [0.4, 0.5) is 5.82 Å². The van der Waals surface area contributed by atoms with Gasteiger partial charge in [-0.2, -0.15) is 11.3 Å². The van der Waals surface area contributed by atoms with Crippen molar-refractivity contribution in [2.24, 2.45) is 5.92 Å². The van der Waals surface area contributed by atoms with Crippen LogP contribution < -0.4 is 4.90 Å². The fourth-order valence-corrected chi connectivity index (χ4v) is 3.66. The van der Waals surface area contributed by atoms with E-state index in [0.717, 1.165) is 11.3 Å². The third-order valence-electron chi connectivity index (χ3n) is 4.34. The molecule has 1 saturated heterocycles. The molecule has 0 spiro atoms. The Labute approximate surface area is 150 Å². The zero-order valence-electron chi connectivity index (χ0n) is 14.0. The molecule has 1 N–H and O–H groups in total. The molecule has 6 nitrogen and oxygen atoms in total. The van der Waals surface area contributed by atoms with Gasteiger partial charge in [-0.1, -0.05) is 0 Å². The third-order valence-corrected chi connectivity index (χ3v) is 5.02. The number of hydrogen-bond donors (Lipinski definition) is 1. The Hall–Kier alpha value is -2.41. The van der Waals surface area contributed by atoms with Gasteiger partial charge in [-0.25, -0.2) is 9.78 Å². The molecule has 25 heavy (non-hydrogen) atoms. The van der Waals surface area contributed by atoms with Gasteiger partial charge in [-0.3, -0.25) is 4.79 Å². The van der Waals surface area contributed by atoms with Crippen LogP contribution in [0.1, 0.15) is 30.1 Å².